The Hall–Kier alpha value is -2.63. The molecule has 3 aromatic rings. The first-order chi connectivity index (χ1) is 9.74. The quantitative estimate of drug-likeness (QED) is 0.682. The van der Waals surface area contributed by atoms with Crippen LogP contribution in [0.15, 0.2) is 46.6 Å². The molecule has 0 fully saturated rings. The van der Waals surface area contributed by atoms with Gasteiger partial charge in [0, 0.05) is 17.0 Å². The lowest BCUT2D eigenvalue weighted by Crippen LogP contribution is -2.03. The summed E-state index contributed by atoms with van der Waals surface area (Å²) in [7, 11) is 0. The highest BCUT2D eigenvalue weighted by Crippen LogP contribution is 2.16. The third-order valence-corrected chi connectivity index (χ3v) is 3.24. The first-order valence-corrected chi connectivity index (χ1v) is 6.32. The second-order valence-corrected chi connectivity index (χ2v) is 4.58. The van der Waals surface area contributed by atoms with Crippen molar-refractivity contribution < 1.29 is 4.42 Å². The lowest BCUT2D eigenvalue weighted by molar-refractivity contribution is 0.489. The third-order valence-electron chi connectivity index (χ3n) is 3.24. The van der Waals surface area contributed by atoms with Crippen molar-refractivity contribution in [3.05, 3.63) is 59.8 Å². The fourth-order valence-corrected chi connectivity index (χ4v) is 2.14. The number of furan rings is 1. The van der Waals surface area contributed by atoms with Crippen molar-refractivity contribution in [1.29, 1.82) is 0 Å². The van der Waals surface area contributed by atoms with E-state index in [-0.39, 0.29) is 0 Å². The van der Waals surface area contributed by atoms with Crippen LogP contribution in [0, 0.1) is 13.8 Å². The van der Waals surface area contributed by atoms with E-state index in [1.165, 1.54) is 5.69 Å². The van der Waals surface area contributed by atoms with E-state index < -0.39 is 0 Å². The van der Waals surface area contributed by atoms with E-state index in [0.717, 1.165) is 23.6 Å². The van der Waals surface area contributed by atoms with Crippen LogP contribution in [-0.2, 0) is 6.54 Å². The zero-order chi connectivity index (χ0) is 13.9. The Morgan fingerprint density at radius 1 is 1.30 bits per heavy atom. The monoisotopic (exact) mass is 269 g/mol. The van der Waals surface area contributed by atoms with E-state index in [1.807, 2.05) is 18.3 Å². The molecule has 3 aromatic heterocycles. The second-order valence-electron chi connectivity index (χ2n) is 4.58. The standard InChI is InChI=1S/C14H15N5O/c1-11-6-13(7-17-18-9-15-16-10-18)12(2)19(11)8-14-4-3-5-20-14/h3-7,9-10H,8H2,1-2H3/b17-7-. The number of aryl methyl sites for hydroxylation is 1. The van der Waals surface area contributed by atoms with Crippen LogP contribution >= 0.6 is 0 Å². The highest BCUT2D eigenvalue weighted by Gasteiger charge is 2.09. The molecule has 0 aliphatic carbocycles. The summed E-state index contributed by atoms with van der Waals surface area (Å²) < 4.78 is 9.17. The minimum atomic E-state index is 0.727. The van der Waals surface area contributed by atoms with Crippen molar-refractivity contribution in [1.82, 2.24) is 19.4 Å². The predicted molar refractivity (Wildman–Crippen MR) is 74.7 cm³/mol. The van der Waals surface area contributed by atoms with Gasteiger partial charge in [0.25, 0.3) is 0 Å². The van der Waals surface area contributed by atoms with Crippen molar-refractivity contribution in [3.8, 4) is 0 Å². The third kappa shape index (κ3) is 2.40. The van der Waals surface area contributed by atoms with E-state index in [1.54, 1.807) is 23.6 Å². The van der Waals surface area contributed by atoms with Gasteiger partial charge in [0.1, 0.15) is 18.4 Å². The topological polar surface area (TPSA) is 61.1 Å². The van der Waals surface area contributed by atoms with Crippen LogP contribution < -0.4 is 0 Å². The van der Waals surface area contributed by atoms with E-state index in [4.69, 9.17) is 4.42 Å². The number of hydrogen-bond donors (Lipinski definition) is 0. The highest BCUT2D eigenvalue weighted by molar-refractivity contribution is 5.81. The summed E-state index contributed by atoms with van der Waals surface area (Å²) in [6, 6.07) is 5.98. The lowest BCUT2D eigenvalue weighted by Gasteiger charge is -2.06. The highest BCUT2D eigenvalue weighted by atomic mass is 16.3. The molecular weight excluding hydrogens is 254 g/mol. The molecule has 20 heavy (non-hydrogen) atoms. The molecular formula is C14H15N5O. The molecule has 0 N–H and O–H groups in total. The maximum Gasteiger partial charge on any atom is 0.141 e. The van der Waals surface area contributed by atoms with Crippen molar-refractivity contribution >= 4 is 6.21 Å². The molecule has 102 valence electrons. The molecule has 0 aromatic carbocycles. The Kier molecular flexibility index (Phi) is 3.20. The summed E-state index contributed by atoms with van der Waals surface area (Å²) in [5.41, 5.74) is 3.39. The Morgan fingerprint density at radius 3 is 2.80 bits per heavy atom. The van der Waals surface area contributed by atoms with Gasteiger partial charge < -0.3 is 8.98 Å². The van der Waals surface area contributed by atoms with E-state index in [2.05, 4.69) is 39.8 Å². The van der Waals surface area contributed by atoms with E-state index in [0.29, 0.717) is 0 Å². The van der Waals surface area contributed by atoms with Gasteiger partial charge in [-0.05, 0) is 32.0 Å². The first kappa shape index (κ1) is 12.4. The normalized spacial score (nSPS) is 11.5. The zero-order valence-corrected chi connectivity index (χ0v) is 11.4. The van der Waals surface area contributed by atoms with Crippen molar-refractivity contribution in [2.45, 2.75) is 20.4 Å². The van der Waals surface area contributed by atoms with Crippen LogP contribution in [0.1, 0.15) is 22.7 Å². The van der Waals surface area contributed by atoms with Gasteiger partial charge in [-0.25, -0.2) is 4.68 Å². The van der Waals surface area contributed by atoms with Crippen LogP contribution in [0.4, 0.5) is 0 Å². The van der Waals surface area contributed by atoms with Gasteiger partial charge in [0.15, 0.2) is 0 Å². The molecule has 0 saturated heterocycles. The maximum absolute atomic E-state index is 5.40. The van der Waals surface area contributed by atoms with Crippen LogP contribution in [0.5, 0.6) is 0 Å². The minimum absolute atomic E-state index is 0.727. The molecule has 0 atom stereocenters. The van der Waals surface area contributed by atoms with Crippen molar-refractivity contribution in [3.63, 3.8) is 0 Å². The summed E-state index contributed by atoms with van der Waals surface area (Å²) in [5, 5.41) is 11.7. The van der Waals surface area contributed by atoms with E-state index in [9.17, 15) is 0 Å². The molecule has 0 aliphatic heterocycles. The molecule has 6 heteroatoms. The molecule has 0 saturated carbocycles. The number of nitrogens with zero attached hydrogens (tertiary/aromatic N) is 5. The zero-order valence-electron chi connectivity index (χ0n) is 11.4. The van der Waals surface area contributed by atoms with Crippen molar-refractivity contribution in [2.24, 2.45) is 5.10 Å². The summed E-state index contributed by atoms with van der Waals surface area (Å²) in [4.78, 5) is 0. The molecule has 3 heterocycles. The van der Waals surface area contributed by atoms with Gasteiger partial charge in [-0.2, -0.15) is 5.10 Å². The summed E-state index contributed by atoms with van der Waals surface area (Å²) in [6.07, 6.45) is 6.61. The molecule has 0 aliphatic rings. The Morgan fingerprint density at radius 2 is 2.10 bits per heavy atom. The average Bonchev–Trinajstić information content (AvgIpc) is 3.15. The fraction of sp³-hybridized carbons (Fsp3) is 0.214. The molecule has 0 spiro atoms. The smallest absolute Gasteiger partial charge is 0.141 e. The molecule has 6 nitrogen and oxygen atoms in total. The maximum atomic E-state index is 5.40. The molecule has 0 radical (unpaired) electrons. The predicted octanol–water partition coefficient (Wildman–Crippen LogP) is 2.22. The van der Waals surface area contributed by atoms with Crippen LogP contribution in [-0.4, -0.2) is 25.7 Å². The summed E-state index contributed by atoms with van der Waals surface area (Å²) in [6.45, 7) is 4.88. The first-order valence-electron chi connectivity index (χ1n) is 6.32. The average molecular weight is 269 g/mol. The summed E-state index contributed by atoms with van der Waals surface area (Å²) in [5.74, 6) is 0.939. The number of rotatable bonds is 4. The second kappa shape index (κ2) is 5.16. The molecule has 0 bridgehead atoms. The van der Waals surface area contributed by atoms with Gasteiger partial charge in [-0.15, -0.1) is 10.2 Å². The Balaban J connectivity index is 1.86. The number of aromatic nitrogens is 4. The number of hydrogen-bond acceptors (Lipinski definition) is 4. The van der Waals surface area contributed by atoms with Gasteiger partial charge in [-0.1, -0.05) is 0 Å². The van der Waals surface area contributed by atoms with Gasteiger partial charge >= 0.3 is 0 Å². The van der Waals surface area contributed by atoms with Crippen LogP contribution in [0.25, 0.3) is 0 Å². The SMILES string of the molecule is Cc1cc(/C=N\n2cnnc2)c(C)n1Cc1ccco1. The Bertz CT molecular complexity index is 707. The van der Waals surface area contributed by atoms with E-state index >= 15 is 0 Å². The van der Waals surface area contributed by atoms with Crippen LogP contribution in [0.3, 0.4) is 0 Å². The lowest BCUT2D eigenvalue weighted by atomic mass is 10.3. The molecule has 0 amide bonds. The molecule has 0 unspecified atom stereocenters. The Labute approximate surface area is 116 Å². The van der Waals surface area contributed by atoms with Gasteiger partial charge in [-0.3, -0.25) is 0 Å². The summed E-state index contributed by atoms with van der Waals surface area (Å²) >= 11 is 0. The van der Waals surface area contributed by atoms with Crippen LogP contribution in [0.2, 0.25) is 0 Å². The molecule has 3 rings (SSSR count). The largest absolute Gasteiger partial charge is 0.467 e. The minimum Gasteiger partial charge on any atom is -0.467 e. The van der Waals surface area contributed by atoms with Gasteiger partial charge in [0.2, 0.25) is 0 Å². The van der Waals surface area contributed by atoms with Crippen molar-refractivity contribution in [2.75, 3.05) is 0 Å². The fourth-order valence-electron chi connectivity index (χ4n) is 2.14. The van der Waals surface area contributed by atoms with Gasteiger partial charge in [0.05, 0.1) is 19.0 Å².